The van der Waals surface area contributed by atoms with Gasteiger partial charge in [0.05, 0.1) is 6.61 Å². The van der Waals surface area contributed by atoms with Gasteiger partial charge in [-0.1, -0.05) is 6.92 Å². The number of fused-ring (bicyclic) bond motifs is 1. The molecule has 0 aliphatic rings. The summed E-state index contributed by atoms with van der Waals surface area (Å²) in [5.41, 5.74) is 0.910. The fourth-order valence-electron chi connectivity index (χ4n) is 1.50. The molecule has 0 aliphatic carbocycles. The smallest absolute Gasteiger partial charge is 0.137 e. The van der Waals surface area contributed by atoms with E-state index in [1.165, 1.54) is 0 Å². The molecule has 0 spiro atoms. The van der Waals surface area contributed by atoms with Gasteiger partial charge in [-0.3, -0.25) is 0 Å². The van der Waals surface area contributed by atoms with Gasteiger partial charge in [-0.25, -0.2) is 0 Å². The second kappa shape index (κ2) is 3.74. The van der Waals surface area contributed by atoms with E-state index in [0.717, 1.165) is 28.9 Å². The van der Waals surface area contributed by atoms with Crippen molar-refractivity contribution in [1.29, 1.82) is 0 Å². The Morgan fingerprint density at radius 3 is 2.79 bits per heavy atom. The lowest BCUT2D eigenvalue weighted by Crippen LogP contribution is -1.89. The highest BCUT2D eigenvalue weighted by atomic mass is 16.5. The molecule has 0 aliphatic heterocycles. The summed E-state index contributed by atoms with van der Waals surface area (Å²) in [7, 11) is 0. The molecule has 0 atom stereocenters. The fraction of sp³-hybridized carbons (Fsp3) is 0.333. The molecule has 1 aromatic carbocycles. The Morgan fingerprint density at radius 1 is 1.21 bits per heavy atom. The zero-order chi connectivity index (χ0) is 9.97. The van der Waals surface area contributed by atoms with Crippen LogP contribution in [-0.2, 0) is 6.42 Å². The highest BCUT2D eigenvalue weighted by Crippen LogP contribution is 2.24. The number of hydrogen-bond acceptors (Lipinski definition) is 2. The number of aryl methyl sites for hydroxylation is 1. The van der Waals surface area contributed by atoms with Crippen LogP contribution in [0.2, 0.25) is 0 Å². The minimum absolute atomic E-state index is 0.687. The monoisotopic (exact) mass is 190 g/mol. The maximum Gasteiger partial charge on any atom is 0.137 e. The van der Waals surface area contributed by atoms with Crippen molar-refractivity contribution >= 4 is 11.0 Å². The van der Waals surface area contributed by atoms with Crippen molar-refractivity contribution in [3.8, 4) is 5.75 Å². The molecule has 1 heterocycles. The summed E-state index contributed by atoms with van der Waals surface area (Å²) in [6.45, 7) is 4.75. The highest BCUT2D eigenvalue weighted by Gasteiger charge is 2.03. The minimum Gasteiger partial charge on any atom is -0.494 e. The third-order valence-corrected chi connectivity index (χ3v) is 2.20. The van der Waals surface area contributed by atoms with Crippen molar-refractivity contribution in [3.05, 3.63) is 30.0 Å². The SMILES string of the molecule is CCOc1ccc2cc(CC)oc2c1. The molecule has 1 aromatic heterocycles. The van der Waals surface area contributed by atoms with Crippen LogP contribution in [0.3, 0.4) is 0 Å². The average molecular weight is 190 g/mol. The van der Waals surface area contributed by atoms with Crippen LogP contribution in [0.5, 0.6) is 5.75 Å². The first-order valence-electron chi connectivity index (χ1n) is 4.98. The zero-order valence-corrected chi connectivity index (χ0v) is 8.54. The van der Waals surface area contributed by atoms with Crippen LogP contribution in [-0.4, -0.2) is 6.61 Å². The van der Waals surface area contributed by atoms with Gasteiger partial charge in [0.15, 0.2) is 0 Å². The minimum atomic E-state index is 0.687. The molecule has 0 bridgehead atoms. The third kappa shape index (κ3) is 1.60. The average Bonchev–Trinajstić information content (AvgIpc) is 2.60. The second-order valence-electron chi connectivity index (χ2n) is 3.20. The van der Waals surface area contributed by atoms with Crippen LogP contribution in [0.1, 0.15) is 19.6 Å². The lowest BCUT2D eigenvalue weighted by Gasteiger charge is -2.00. The van der Waals surface area contributed by atoms with Gasteiger partial charge in [0.1, 0.15) is 17.1 Å². The topological polar surface area (TPSA) is 22.4 Å². The normalized spacial score (nSPS) is 10.7. The number of furan rings is 1. The Kier molecular flexibility index (Phi) is 2.44. The molecule has 2 aromatic rings. The number of hydrogen-bond donors (Lipinski definition) is 0. The first-order valence-corrected chi connectivity index (χ1v) is 4.98. The second-order valence-corrected chi connectivity index (χ2v) is 3.20. The van der Waals surface area contributed by atoms with E-state index in [1.54, 1.807) is 0 Å². The third-order valence-electron chi connectivity index (χ3n) is 2.20. The summed E-state index contributed by atoms with van der Waals surface area (Å²) in [6.07, 6.45) is 0.929. The molecule has 2 rings (SSSR count). The number of rotatable bonds is 3. The van der Waals surface area contributed by atoms with Crippen LogP contribution in [0.25, 0.3) is 11.0 Å². The van der Waals surface area contributed by atoms with Crippen molar-refractivity contribution in [3.63, 3.8) is 0 Å². The number of ether oxygens (including phenoxy) is 1. The molecule has 2 nitrogen and oxygen atoms in total. The van der Waals surface area contributed by atoms with Crippen molar-refractivity contribution in [2.45, 2.75) is 20.3 Å². The van der Waals surface area contributed by atoms with Gasteiger partial charge in [0.2, 0.25) is 0 Å². The molecular formula is C12H14O2. The molecule has 2 heteroatoms. The Labute approximate surface area is 83.5 Å². The zero-order valence-electron chi connectivity index (χ0n) is 8.54. The summed E-state index contributed by atoms with van der Waals surface area (Å²) in [6, 6.07) is 8.02. The lowest BCUT2D eigenvalue weighted by atomic mass is 10.2. The standard InChI is InChI=1S/C12H14O2/c1-3-10-7-9-5-6-11(13-4-2)8-12(9)14-10/h5-8H,3-4H2,1-2H3. The molecule has 0 saturated heterocycles. The molecule has 14 heavy (non-hydrogen) atoms. The molecule has 0 amide bonds. The van der Waals surface area contributed by atoms with E-state index >= 15 is 0 Å². The molecule has 0 unspecified atom stereocenters. The van der Waals surface area contributed by atoms with E-state index in [1.807, 2.05) is 25.1 Å². The highest BCUT2D eigenvalue weighted by molar-refractivity contribution is 5.79. The predicted molar refractivity (Wildman–Crippen MR) is 56.8 cm³/mol. The van der Waals surface area contributed by atoms with Crippen LogP contribution < -0.4 is 4.74 Å². The van der Waals surface area contributed by atoms with Crippen LogP contribution >= 0.6 is 0 Å². The van der Waals surface area contributed by atoms with Crippen molar-refractivity contribution < 1.29 is 9.15 Å². The Hall–Kier alpha value is -1.44. The van der Waals surface area contributed by atoms with Gasteiger partial charge in [-0.2, -0.15) is 0 Å². The van der Waals surface area contributed by atoms with Gasteiger partial charge in [0, 0.05) is 17.9 Å². The molecule has 0 radical (unpaired) electrons. The summed E-state index contributed by atoms with van der Waals surface area (Å²) in [5.74, 6) is 1.89. The van der Waals surface area contributed by atoms with Crippen LogP contribution in [0.4, 0.5) is 0 Å². The van der Waals surface area contributed by atoms with Gasteiger partial charge in [0.25, 0.3) is 0 Å². The van der Waals surface area contributed by atoms with E-state index in [9.17, 15) is 0 Å². The lowest BCUT2D eigenvalue weighted by molar-refractivity contribution is 0.340. The Balaban J connectivity index is 2.43. The van der Waals surface area contributed by atoms with Crippen molar-refractivity contribution in [2.24, 2.45) is 0 Å². The first-order chi connectivity index (χ1) is 6.83. The number of benzene rings is 1. The molecule has 0 saturated carbocycles. The van der Waals surface area contributed by atoms with Gasteiger partial charge >= 0.3 is 0 Å². The first kappa shape index (κ1) is 9.13. The molecular weight excluding hydrogens is 176 g/mol. The van der Waals surface area contributed by atoms with E-state index in [4.69, 9.17) is 9.15 Å². The predicted octanol–water partition coefficient (Wildman–Crippen LogP) is 3.39. The Morgan fingerprint density at radius 2 is 2.07 bits per heavy atom. The van der Waals surface area contributed by atoms with Gasteiger partial charge in [-0.05, 0) is 25.1 Å². The summed E-state index contributed by atoms with van der Waals surface area (Å²) in [4.78, 5) is 0. The van der Waals surface area contributed by atoms with E-state index < -0.39 is 0 Å². The molecule has 74 valence electrons. The fourth-order valence-corrected chi connectivity index (χ4v) is 1.50. The molecule has 0 N–H and O–H groups in total. The van der Waals surface area contributed by atoms with Gasteiger partial charge in [-0.15, -0.1) is 0 Å². The maximum absolute atomic E-state index is 5.62. The van der Waals surface area contributed by atoms with Crippen LogP contribution in [0.15, 0.2) is 28.7 Å². The maximum atomic E-state index is 5.62. The van der Waals surface area contributed by atoms with E-state index in [2.05, 4.69) is 13.0 Å². The summed E-state index contributed by atoms with van der Waals surface area (Å²) >= 11 is 0. The quantitative estimate of drug-likeness (QED) is 0.740. The van der Waals surface area contributed by atoms with Crippen molar-refractivity contribution in [2.75, 3.05) is 6.61 Å². The summed E-state index contributed by atoms with van der Waals surface area (Å²) in [5, 5.41) is 1.14. The van der Waals surface area contributed by atoms with Crippen LogP contribution in [0, 0.1) is 0 Å². The molecule has 0 fully saturated rings. The van der Waals surface area contributed by atoms with Crippen molar-refractivity contribution in [1.82, 2.24) is 0 Å². The van der Waals surface area contributed by atoms with Gasteiger partial charge < -0.3 is 9.15 Å². The largest absolute Gasteiger partial charge is 0.494 e. The summed E-state index contributed by atoms with van der Waals surface area (Å²) < 4.78 is 11.0. The van der Waals surface area contributed by atoms with E-state index in [0.29, 0.717) is 6.61 Å². The Bertz CT molecular complexity index is 429. The van der Waals surface area contributed by atoms with E-state index in [-0.39, 0.29) is 0 Å².